The number of carbonyl (C=O) groups is 1. The molecule has 0 aliphatic carbocycles. The summed E-state index contributed by atoms with van der Waals surface area (Å²) in [6, 6.07) is 9.62. The summed E-state index contributed by atoms with van der Waals surface area (Å²) in [4.78, 5) is 20.0. The lowest BCUT2D eigenvalue weighted by atomic mass is 10.2. The average molecular weight is 358 g/mol. The Morgan fingerprint density at radius 1 is 1.18 bits per heavy atom. The average Bonchev–Trinajstić information content (AvgIpc) is 2.97. The van der Waals surface area contributed by atoms with Crippen molar-refractivity contribution in [3.05, 3.63) is 70.8 Å². The highest BCUT2D eigenvalue weighted by molar-refractivity contribution is 9.10. The van der Waals surface area contributed by atoms with Crippen LogP contribution in [-0.2, 0) is 6.54 Å². The Kier molecular flexibility index (Phi) is 4.24. The van der Waals surface area contributed by atoms with Gasteiger partial charge < -0.3 is 5.32 Å². The maximum atomic E-state index is 12.1. The van der Waals surface area contributed by atoms with E-state index in [0.717, 1.165) is 10.0 Å². The van der Waals surface area contributed by atoms with E-state index in [2.05, 4.69) is 36.3 Å². The van der Waals surface area contributed by atoms with Crippen LogP contribution >= 0.6 is 15.9 Å². The van der Waals surface area contributed by atoms with Gasteiger partial charge in [-0.2, -0.15) is 5.10 Å². The first-order valence-corrected chi connectivity index (χ1v) is 7.36. The Bertz CT molecular complexity index is 787. The molecule has 0 unspecified atom stereocenters. The molecule has 6 nitrogen and oxygen atoms in total. The number of nitrogens with one attached hydrogen (secondary N) is 1. The van der Waals surface area contributed by atoms with E-state index in [9.17, 15) is 4.79 Å². The van der Waals surface area contributed by atoms with Crippen LogP contribution in [0.15, 0.2) is 59.6 Å². The molecule has 0 bridgehead atoms. The van der Waals surface area contributed by atoms with Crippen LogP contribution in [-0.4, -0.2) is 25.7 Å². The summed E-state index contributed by atoms with van der Waals surface area (Å²) in [5, 5.41) is 7.03. The number of amides is 1. The first-order valence-electron chi connectivity index (χ1n) is 6.56. The fraction of sp³-hybridized carbons (Fsp3) is 0.0667. The summed E-state index contributed by atoms with van der Waals surface area (Å²) in [5.74, 6) is 0.286. The highest BCUT2D eigenvalue weighted by atomic mass is 79.9. The van der Waals surface area contributed by atoms with Crippen molar-refractivity contribution >= 4 is 27.7 Å². The van der Waals surface area contributed by atoms with E-state index < -0.39 is 0 Å². The van der Waals surface area contributed by atoms with E-state index in [1.54, 1.807) is 16.9 Å². The lowest BCUT2D eigenvalue weighted by Crippen LogP contribution is -2.17. The normalized spacial score (nSPS) is 10.4. The van der Waals surface area contributed by atoms with Crippen molar-refractivity contribution in [2.45, 2.75) is 6.54 Å². The molecule has 0 fully saturated rings. The summed E-state index contributed by atoms with van der Waals surface area (Å²) in [6.07, 6.45) is 6.06. The predicted molar refractivity (Wildman–Crippen MR) is 85.5 cm³/mol. The monoisotopic (exact) mass is 357 g/mol. The molecule has 0 saturated carbocycles. The van der Waals surface area contributed by atoms with E-state index in [4.69, 9.17) is 0 Å². The van der Waals surface area contributed by atoms with Crippen molar-refractivity contribution in [2.24, 2.45) is 0 Å². The van der Waals surface area contributed by atoms with Crippen LogP contribution in [0, 0.1) is 0 Å². The molecule has 3 aromatic rings. The van der Waals surface area contributed by atoms with Gasteiger partial charge in [-0.25, -0.2) is 9.67 Å². The maximum Gasteiger partial charge on any atom is 0.277 e. The molecule has 22 heavy (non-hydrogen) atoms. The highest BCUT2D eigenvalue weighted by Crippen LogP contribution is 2.18. The molecular weight excluding hydrogens is 346 g/mol. The molecule has 0 saturated heterocycles. The molecule has 0 aliphatic rings. The fourth-order valence-electron chi connectivity index (χ4n) is 1.95. The van der Waals surface area contributed by atoms with Crippen LogP contribution in [0.2, 0.25) is 0 Å². The minimum absolute atomic E-state index is 0.260. The lowest BCUT2D eigenvalue weighted by molar-refractivity contribution is 0.102. The minimum Gasteiger partial charge on any atom is -0.305 e. The zero-order valence-corrected chi connectivity index (χ0v) is 13.1. The van der Waals surface area contributed by atoms with Gasteiger partial charge in [-0.15, -0.1) is 0 Å². The molecule has 3 rings (SSSR count). The van der Waals surface area contributed by atoms with Gasteiger partial charge in [-0.05, 0) is 11.6 Å². The summed E-state index contributed by atoms with van der Waals surface area (Å²) in [7, 11) is 0. The van der Waals surface area contributed by atoms with Gasteiger partial charge in [0.2, 0.25) is 0 Å². The molecule has 0 radical (unpaired) electrons. The second-order valence-electron chi connectivity index (χ2n) is 4.51. The van der Waals surface area contributed by atoms with Gasteiger partial charge in [-0.1, -0.05) is 34.1 Å². The Labute approximate surface area is 135 Å². The number of hydrogen-bond acceptors (Lipinski definition) is 4. The molecule has 0 spiro atoms. The van der Waals surface area contributed by atoms with E-state index in [-0.39, 0.29) is 11.6 Å². The quantitative estimate of drug-likeness (QED) is 0.778. The molecule has 1 N–H and O–H groups in total. The number of carbonyl (C=O) groups excluding carboxylic acids is 1. The Balaban J connectivity index is 1.78. The third-order valence-electron chi connectivity index (χ3n) is 3.03. The molecule has 7 heteroatoms. The van der Waals surface area contributed by atoms with E-state index in [0.29, 0.717) is 12.4 Å². The van der Waals surface area contributed by atoms with E-state index in [1.807, 2.05) is 24.3 Å². The SMILES string of the molecule is O=C(Nc1ccnn1Cc1ccccc1Br)c1cnccn1. The second kappa shape index (κ2) is 6.48. The summed E-state index contributed by atoms with van der Waals surface area (Å²) < 4.78 is 2.71. The maximum absolute atomic E-state index is 12.1. The van der Waals surface area contributed by atoms with Gasteiger partial charge in [0.25, 0.3) is 5.91 Å². The molecule has 2 aromatic heterocycles. The molecule has 110 valence electrons. The molecule has 0 aliphatic heterocycles. The number of nitrogens with zero attached hydrogens (tertiary/aromatic N) is 4. The number of benzene rings is 1. The van der Waals surface area contributed by atoms with Crippen molar-refractivity contribution in [1.82, 2.24) is 19.7 Å². The summed E-state index contributed by atoms with van der Waals surface area (Å²) in [5.41, 5.74) is 1.33. The fourth-order valence-corrected chi connectivity index (χ4v) is 2.36. The third kappa shape index (κ3) is 3.20. The van der Waals surface area contributed by atoms with Gasteiger partial charge in [0.15, 0.2) is 0 Å². The minimum atomic E-state index is -0.318. The van der Waals surface area contributed by atoms with Gasteiger partial charge >= 0.3 is 0 Å². The first kappa shape index (κ1) is 14.4. The van der Waals surface area contributed by atoms with Crippen molar-refractivity contribution in [1.29, 1.82) is 0 Å². The van der Waals surface area contributed by atoms with Gasteiger partial charge in [-0.3, -0.25) is 9.78 Å². The van der Waals surface area contributed by atoms with Crippen LogP contribution in [0.1, 0.15) is 16.1 Å². The first-order chi connectivity index (χ1) is 10.7. The van der Waals surface area contributed by atoms with Crippen LogP contribution < -0.4 is 5.32 Å². The zero-order chi connectivity index (χ0) is 15.4. The van der Waals surface area contributed by atoms with Crippen molar-refractivity contribution < 1.29 is 4.79 Å². The Morgan fingerprint density at radius 2 is 2.05 bits per heavy atom. The Morgan fingerprint density at radius 3 is 2.82 bits per heavy atom. The van der Waals surface area contributed by atoms with Crippen LogP contribution in [0.25, 0.3) is 0 Å². The molecule has 0 atom stereocenters. The van der Waals surface area contributed by atoms with Gasteiger partial charge in [0.05, 0.1) is 18.9 Å². The van der Waals surface area contributed by atoms with Crippen LogP contribution in [0.4, 0.5) is 5.82 Å². The second-order valence-corrected chi connectivity index (χ2v) is 5.36. The summed E-state index contributed by atoms with van der Waals surface area (Å²) >= 11 is 3.51. The third-order valence-corrected chi connectivity index (χ3v) is 3.81. The molecule has 2 heterocycles. The Hall–Kier alpha value is -2.54. The van der Waals surface area contributed by atoms with Crippen molar-refractivity contribution in [3.8, 4) is 0 Å². The van der Waals surface area contributed by atoms with Gasteiger partial charge in [0, 0.05) is 22.9 Å². The number of rotatable bonds is 4. The van der Waals surface area contributed by atoms with Crippen LogP contribution in [0.5, 0.6) is 0 Å². The number of aromatic nitrogens is 4. The number of halogens is 1. The van der Waals surface area contributed by atoms with E-state index in [1.165, 1.54) is 18.6 Å². The molecule has 1 amide bonds. The number of hydrogen-bond donors (Lipinski definition) is 1. The van der Waals surface area contributed by atoms with Gasteiger partial charge in [0.1, 0.15) is 11.5 Å². The topological polar surface area (TPSA) is 72.7 Å². The number of anilines is 1. The standard InChI is InChI=1S/C15H12BrN5O/c16-12-4-2-1-3-11(12)10-21-14(5-6-19-21)20-15(22)13-9-17-7-8-18-13/h1-9H,10H2,(H,20,22). The smallest absolute Gasteiger partial charge is 0.277 e. The summed E-state index contributed by atoms with van der Waals surface area (Å²) in [6.45, 7) is 0.546. The van der Waals surface area contributed by atoms with Crippen LogP contribution in [0.3, 0.4) is 0 Å². The van der Waals surface area contributed by atoms with Crippen molar-refractivity contribution in [2.75, 3.05) is 5.32 Å². The lowest BCUT2D eigenvalue weighted by Gasteiger charge is -2.10. The highest BCUT2D eigenvalue weighted by Gasteiger charge is 2.11. The van der Waals surface area contributed by atoms with Crippen molar-refractivity contribution in [3.63, 3.8) is 0 Å². The molecular formula is C15H12BrN5O. The van der Waals surface area contributed by atoms with E-state index >= 15 is 0 Å². The molecule has 1 aromatic carbocycles. The predicted octanol–water partition coefficient (Wildman–Crippen LogP) is 2.74. The zero-order valence-electron chi connectivity index (χ0n) is 11.5. The largest absolute Gasteiger partial charge is 0.305 e.